The quantitative estimate of drug-likeness (QED) is 0.912. The Morgan fingerprint density at radius 2 is 2.00 bits per heavy atom. The molecular weight excluding hydrogens is 293 g/mol. The standard InChI is InChI=1S/C16H21F3N2O/c1-10-3-4-11(2)12(7-10)8-15(22)21-9-13(20)5-6-14(21)16(17,18)19/h3-4,7,13-14H,5-6,8-9,20H2,1-2H3/t13-,14+/m1/s1. The van der Waals surface area contributed by atoms with Gasteiger partial charge in [-0.05, 0) is 37.8 Å². The van der Waals surface area contributed by atoms with E-state index in [9.17, 15) is 18.0 Å². The highest BCUT2D eigenvalue weighted by atomic mass is 19.4. The number of hydrogen-bond donors (Lipinski definition) is 1. The fourth-order valence-corrected chi connectivity index (χ4v) is 2.87. The summed E-state index contributed by atoms with van der Waals surface area (Å²) in [5.41, 5.74) is 8.41. The molecule has 1 aromatic carbocycles. The SMILES string of the molecule is Cc1ccc(C)c(CC(=O)N2C[C@H](N)CC[C@H]2C(F)(F)F)c1. The minimum Gasteiger partial charge on any atom is -0.329 e. The predicted molar refractivity (Wildman–Crippen MR) is 78.4 cm³/mol. The Kier molecular flexibility index (Phi) is 4.80. The first kappa shape index (κ1) is 16.8. The minimum absolute atomic E-state index is 0.0210. The Labute approximate surface area is 128 Å². The van der Waals surface area contributed by atoms with E-state index in [1.165, 1.54) is 0 Å². The van der Waals surface area contributed by atoms with Gasteiger partial charge in [-0.15, -0.1) is 0 Å². The van der Waals surface area contributed by atoms with Crippen LogP contribution in [0.1, 0.15) is 29.5 Å². The average Bonchev–Trinajstić information content (AvgIpc) is 2.41. The van der Waals surface area contributed by atoms with E-state index in [-0.39, 0.29) is 31.8 Å². The summed E-state index contributed by atoms with van der Waals surface area (Å²) < 4.78 is 39.4. The summed E-state index contributed by atoms with van der Waals surface area (Å²) in [5, 5.41) is 0. The van der Waals surface area contributed by atoms with Gasteiger partial charge in [-0.3, -0.25) is 4.79 Å². The number of halogens is 3. The van der Waals surface area contributed by atoms with Gasteiger partial charge in [0.25, 0.3) is 0 Å². The van der Waals surface area contributed by atoms with Gasteiger partial charge in [0.05, 0.1) is 6.42 Å². The number of alkyl halides is 3. The Morgan fingerprint density at radius 1 is 1.32 bits per heavy atom. The second-order valence-corrected chi connectivity index (χ2v) is 6.05. The van der Waals surface area contributed by atoms with Crippen LogP contribution >= 0.6 is 0 Å². The first-order valence-corrected chi connectivity index (χ1v) is 7.36. The van der Waals surface area contributed by atoms with Crippen molar-refractivity contribution in [2.24, 2.45) is 5.73 Å². The van der Waals surface area contributed by atoms with Crippen LogP contribution < -0.4 is 5.73 Å². The number of nitrogens with two attached hydrogens (primary N) is 1. The molecule has 1 aliphatic rings. The van der Waals surface area contributed by atoms with E-state index in [1.54, 1.807) is 0 Å². The van der Waals surface area contributed by atoms with Crippen LogP contribution in [0.4, 0.5) is 13.2 Å². The molecule has 0 aromatic heterocycles. The van der Waals surface area contributed by atoms with Crippen LogP contribution in [0.25, 0.3) is 0 Å². The normalized spacial score (nSPS) is 22.7. The largest absolute Gasteiger partial charge is 0.408 e. The number of aryl methyl sites for hydroxylation is 2. The number of piperidine rings is 1. The third kappa shape index (κ3) is 3.80. The van der Waals surface area contributed by atoms with Crippen LogP contribution in [0, 0.1) is 13.8 Å². The molecule has 2 atom stereocenters. The summed E-state index contributed by atoms with van der Waals surface area (Å²) in [4.78, 5) is 13.3. The average molecular weight is 314 g/mol. The molecule has 0 spiro atoms. The molecule has 1 heterocycles. The van der Waals surface area contributed by atoms with Gasteiger partial charge in [0.2, 0.25) is 5.91 Å². The molecule has 0 aliphatic carbocycles. The van der Waals surface area contributed by atoms with Gasteiger partial charge in [-0.1, -0.05) is 23.8 Å². The van der Waals surface area contributed by atoms with E-state index in [0.717, 1.165) is 21.6 Å². The second-order valence-electron chi connectivity index (χ2n) is 6.05. The zero-order valence-corrected chi connectivity index (χ0v) is 12.8. The molecule has 122 valence electrons. The maximum Gasteiger partial charge on any atom is 0.408 e. The fourth-order valence-electron chi connectivity index (χ4n) is 2.87. The molecule has 1 fully saturated rings. The van der Waals surface area contributed by atoms with Gasteiger partial charge in [0, 0.05) is 12.6 Å². The van der Waals surface area contributed by atoms with E-state index >= 15 is 0 Å². The van der Waals surface area contributed by atoms with Crippen molar-refractivity contribution < 1.29 is 18.0 Å². The smallest absolute Gasteiger partial charge is 0.329 e. The molecule has 0 bridgehead atoms. The monoisotopic (exact) mass is 314 g/mol. The van der Waals surface area contributed by atoms with Crippen molar-refractivity contribution in [1.29, 1.82) is 0 Å². The lowest BCUT2D eigenvalue weighted by Crippen LogP contribution is -2.57. The third-order valence-corrected chi connectivity index (χ3v) is 4.16. The summed E-state index contributed by atoms with van der Waals surface area (Å²) in [5.74, 6) is -0.508. The Hall–Kier alpha value is -1.56. The molecule has 0 radical (unpaired) electrons. The van der Waals surface area contributed by atoms with Crippen molar-refractivity contribution in [3.63, 3.8) is 0 Å². The third-order valence-electron chi connectivity index (χ3n) is 4.16. The molecular formula is C16H21F3N2O. The van der Waals surface area contributed by atoms with Gasteiger partial charge in [0.15, 0.2) is 0 Å². The summed E-state index contributed by atoms with van der Waals surface area (Å²) in [7, 11) is 0. The minimum atomic E-state index is -4.41. The number of amides is 1. The molecule has 3 nitrogen and oxygen atoms in total. The lowest BCUT2D eigenvalue weighted by Gasteiger charge is -2.39. The van der Waals surface area contributed by atoms with E-state index in [1.807, 2.05) is 32.0 Å². The summed E-state index contributed by atoms with van der Waals surface area (Å²) in [6.45, 7) is 3.71. The van der Waals surface area contributed by atoms with Gasteiger partial charge in [0.1, 0.15) is 6.04 Å². The van der Waals surface area contributed by atoms with Crippen molar-refractivity contribution >= 4 is 5.91 Å². The fraction of sp³-hybridized carbons (Fsp3) is 0.562. The van der Waals surface area contributed by atoms with Crippen LogP contribution in [0.15, 0.2) is 18.2 Å². The van der Waals surface area contributed by atoms with Crippen molar-refractivity contribution in [1.82, 2.24) is 4.90 Å². The number of carbonyl (C=O) groups is 1. The number of likely N-dealkylation sites (tertiary alicyclic amines) is 1. The number of rotatable bonds is 2. The van der Waals surface area contributed by atoms with Crippen LogP contribution in [-0.2, 0) is 11.2 Å². The van der Waals surface area contributed by atoms with Gasteiger partial charge < -0.3 is 10.6 Å². The van der Waals surface area contributed by atoms with E-state index < -0.39 is 18.1 Å². The molecule has 22 heavy (non-hydrogen) atoms. The number of carbonyl (C=O) groups excluding carboxylic acids is 1. The Morgan fingerprint density at radius 3 is 2.64 bits per heavy atom. The molecule has 1 saturated heterocycles. The van der Waals surface area contributed by atoms with Crippen LogP contribution in [0.2, 0.25) is 0 Å². The first-order chi connectivity index (χ1) is 10.2. The van der Waals surface area contributed by atoms with Crippen LogP contribution in [0.3, 0.4) is 0 Å². The predicted octanol–water partition coefficient (Wildman–Crippen LogP) is 2.73. The Bertz CT molecular complexity index is 557. The molecule has 0 unspecified atom stereocenters. The topological polar surface area (TPSA) is 46.3 Å². The van der Waals surface area contributed by atoms with Crippen molar-refractivity contribution in [3.8, 4) is 0 Å². The summed E-state index contributed by atoms with van der Waals surface area (Å²) in [6, 6.07) is 3.53. The number of hydrogen-bond acceptors (Lipinski definition) is 2. The summed E-state index contributed by atoms with van der Waals surface area (Å²) >= 11 is 0. The summed E-state index contributed by atoms with van der Waals surface area (Å²) in [6.07, 6.45) is -4.26. The van der Waals surface area contributed by atoms with Gasteiger partial charge >= 0.3 is 6.18 Å². The second kappa shape index (κ2) is 6.28. The lowest BCUT2D eigenvalue weighted by atomic mass is 9.96. The zero-order chi connectivity index (χ0) is 16.5. The van der Waals surface area contributed by atoms with Crippen LogP contribution in [0.5, 0.6) is 0 Å². The molecule has 2 N–H and O–H groups in total. The maximum absolute atomic E-state index is 13.1. The molecule has 0 saturated carbocycles. The van der Waals surface area contributed by atoms with E-state index in [2.05, 4.69) is 0 Å². The van der Waals surface area contributed by atoms with E-state index in [4.69, 9.17) is 5.73 Å². The highest BCUT2D eigenvalue weighted by Crippen LogP contribution is 2.32. The van der Waals surface area contributed by atoms with Crippen LogP contribution in [-0.4, -0.2) is 35.6 Å². The van der Waals surface area contributed by atoms with Crippen molar-refractivity contribution in [2.75, 3.05) is 6.54 Å². The molecule has 1 amide bonds. The Balaban J connectivity index is 2.19. The molecule has 1 aromatic rings. The highest BCUT2D eigenvalue weighted by molar-refractivity contribution is 5.79. The van der Waals surface area contributed by atoms with E-state index in [0.29, 0.717) is 0 Å². The lowest BCUT2D eigenvalue weighted by molar-refractivity contribution is -0.196. The maximum atomic E-state index is 13.1. The number of benzene rings is 1. The molecule has 1 aliphatic heterocycles. The van der Waals surface area contributed by atoms with Gasteiger partial charge in [-0.2, -0.15) is 13.2 Å². The zero-order valence-electron chi connectivity index (χ0n) is 12.8. The van der Waals surface area contributed by atoms with Crippen molar-refractivity contribution in [2.45, 2.75) is 51.4 Å². The molecule has 6 heteroatoms. The first-order valence-electron chi connectivity index (χ1n) is 7.36. The molecule has 2 rings (SSSR count). The van der Waals surface area contributed by atoms with Crippen molar-refractivity contribution in [3.05, 3.63) is 34.9 Å². The number of nitrogens with zero attached hydrogens (tertiary/aromatic N) is 1. The van der Waals surface area contributed by atoms with Gasteiger partial charge in [-0.25, -0.2) is 0 Å². The highest BCUT2D eigenvalue weighted by Gasteiger charge is 2.47.